The number of aryl methyl sites for hydroxylation is 1. The number of hydrogen-bond donors (Lipinski definition) is 2. The number of hydrazone groups is 1. The topological polar surface area (TPSA) is 70.6 Å². The summed E-state index contributed by atoms with van der Waals surface area (Å²) in [5.74, 6) is -1.01. The maximum Gasteiger partial charge on any atom is 0.271 e. The predicted octanol–water partition coefficient (Wildman–Crippen LogP) is 4.54. The summed E-state index contributed by atoms with van der Waals surface area (Å²) < 4.78 is 13.0. The van der Waals surface area contributed by atoms with Gasteiger partial charge in [0.2, 0.25) is 0 Å². The summed E-state index contributed by atoms with van der Waals surface area (Å²) in [5, 5.41) is 6.84. The third-order valence-electron chi connectivity index (χ3n) is 4.25. The van der Waals surface area contributed by atoms with Crippen molar-refractivity contribution in [2.45, 2.75) is 13.8 Å². The van der Waals surface area contributed by atoms with Gasteiger partial charge in [-0.25, -0.2) is 9.82 Å². The Morgan fingerprint density at radius 2 is 1.48 bits per heavy atom. The Labute approximate surface area is 168 Å². The Balaban J connectivity index is 1.68. The Hall–Kier alpha value is -3.80. The molecule has 0 saturated heterocycles. The van der Waals surface area contributed by atoms with Crippen molar-refractivity contribution in [3.63, 3.8) is 0 Å². The number of halogens is 1. The molecule has 0 aliphatic heterocycles. The van der Waals surface area contributed by atoms with E-state index in [9.17, 15) is 14.0 Å². The first-order valence-corrected chi connectivity index (χ1v) is 9.01. The second kappa shape index (κ2) is 8.93. The fourth-order valence-corrected chi connectivity index (χ4v) is 2.68. The van der Waals surface area contributed by atoms with Gasteiger partial charge < -0.3 is 5.32 Å². The van der Waals surface area contributed by atoms with E-state index in [0.717, 1.165) is 5.56 Å². The fourth-order valence-electron chi connectivity index (χ4n) is 2.68. The highest BCUT2D eigenvalue weighted by molar-refractivity contribution is 6.05. The Morgan fingerprint density at radius 3 is 2.17 bits per heavy atom. The Bertz CT molecular complexity index is 1080. The van der Waals surface area contributed by atoms with E-state index in [1.54, 1.807) is 55.5 Å². The number of carbonyl (C=O) groups is 2. The molecule has 3 rings (SSSR count). The van der Waals surface area contributed by atoms with Crippen LogP contribution in [0.2, 0.25) is 0 Å². The van der Waals surface area contributed by atoms with Crippen molar-refractivity contribution >= 4 is 23.2 Å². The molecule has 0 saturated carbocycles. The molecule has 0 fully saturated rings. The van der Waals surface area contributed by atoms with Crippen LogP contribution in [0.15, 0.2) is 77.9 Å². The molecular formula is C23H20FN3O2. The maximum atomic E-state index is 13.0. The molecule has 5 nitrogen and oxygen atoms in total. The first-order valence-electron chi connectivity index (χ1n) is 9.01. The summed E-state index contributed by atoms with van der Waals surface area (Å²) in [6.45, 7) is 3.63. The number of rotatable bonds is 5. The van der Waals surface area contributed by atoms with E-state index in [2.05, 4.69) is 15.8 Å². The van der Waals surface area contributed by atoms with E-state index < -0.39 is 5.91 Å². The SMILES string of the molecule is CC(=NNC(=O)c1cccc(NC(=O)c2cccc(C)c2)c1)c1ccc(F)cc1. The minimum atomic E-state index is -0.418. The molecule has 0 aliphatic rings. The Morgan fingerprint density at radius 1 is 0.828 bits per heavy atom. The van der Waals surface area contributed by atoms with Gasteiger partial charge in [-0.2, -0.15) is 5.10 Å². The number of anilines is 1. The van der Waals surface area contributed by atoms with Gasteiger partial charge in [0.25, 0.3) is 11.8 Å². The smallest absolute Gasteiger partial charge is 0.271 e. The molecule has 29 heavy (non-hydrogen) atoms. The Kier molecular flexibility index (Phi) is 6.14. The molecule has 2 amide bonds. The molecule has 0 atom stereocenters. The van der Waals surface area contributed by atoms with Crippen molar-refractivity contribution < 1.29 is 14.0 Å². The summed E-state index contributed by atoms with van der Waals surface area (Å²) in [4.78, 5) is 24.8. The molecule has 0 bridgehead atoms. The van der Waals surface area contributed by atoms with Crippen LogP contribution >= 0.6 is 0 Å². The van der Waals surface area contributed by atoms with Gasteiger partial charge in [-0.05, 0) is 61.9 Å². The number of carbonyl (C=O) groups excluding carboxylic acids is 2. The van der Waals surface area contributed by atoms with Gasteiger partial charge in [0.05, 0.1) is 5.71 Å². The van der Waals surface area contributed by atoms with Crippen LogP contribution in [0.3, 0.4) is 0 Å². The minimum Gasteiger partial charge on any atom is -0.322 e. The summed E-state index contributed by atoms with van der Waals surface area (Å²) in [7, 11) is 0. The van der Waals surface area contributed by atoms with Gasteiger partial charge in [0.15, 0.2) is 0 Å². The van der Waals surface area contributed by atoms with Gasteiger partial charge >= 0.3 is 0 Å². The molecule has 146 valence electrons. The molecule has 3 aromatic carbocycles. The van der Waals surface area contributed by atoms with E-state index in [0.29, 0.717) is 28.1 Å². The van der Waals surface area contributed by atoms with E-state index in [4.69, 9.17) is 0 Å². The van der Waals surface area contributed by atoms with Crippen LogP contribution in [0.4, 0.5) is 10.1 Å². The zero-order valence-electron chi connectivity index (χ0n) is 16.1. The third kappa shape index (κ3) is 5.35. The number of nitrogens with zero attached hydrogens (tertiary/aromatic N) is 1. The lowest BCUT2D eigenvalue weighted by Gasteiger charge is -2.08. The number of amides is 2. The second-order valence-corrected chi connectivity index (χ2v) is 6.55. The highest BCUT2D eigenvalue weighted by Gasteiger charge is 2.09. The second-order valence-electron chi connectivity index (χ2n) is 6.55. The van der Waals surface area contributed by atoms with Gasteiger partial charge in [-0.1, -0.05) is 35.9 Å². The average Bonchev–Trinajstić information content (AvgIpc) is 2.72. The van der Waals surface area contributed by atoms with Gasteiger partial charge in [0, 0.05) is 16.8 Å². The van der Waals surface area contributed by atoms with Crippen LogP contribution in [0.1, 0.15) is 38.8 Å². The van der Waals surface area contributed by atoms with Crippen LogP contribution in [0.5, 0.6) is 0 Å². The zero-order chi connectivity index (χ0) is 20.8. The lowest BCUT2D eigenvalue weighted by Crippen LogP contribution is -2.20. The first kappa shape index (κ1) is 19.9. The van der Waals surface area contributed by atoms with Crippen LogP contribution in [0, 0.1) is 12.7 Å². The average molecular weight is 389 g/mol. The van der Waals surface area contributed by atoms with E-state index in [1.165, 1.54) is 12.1 Å². The third-order valence-corrected chi connectivity index (χ3v) is 4.25. The minimum absolute atomic E-state index is 0.253. The summed E-state index contributed by atoms with van der Waals surface area (Å²) >= 11 is 0. The molecule has 0 aromatic heterocycles. The number of nitrogens with one attached hydrogen (secondary N) is 2. The molecule has 0 unspecified atom stereocenters. The van der Waals surface area contributed by atoms with Crippen molar-refractivity contribution in [2.75, 3.05) is 5.32 Å². The van der Waals surface area contributed by atoms with E-state index >= 15 is 0 Å². The van der Waals surface area contributed by atoms with Gasteiger partial charge in [0.1, 0.15) is 5.82 Å². The first-order chi connectivity index (χ1) is 13.9. The van der Waals surface area contributed by atoms with Crippen LogP contribution < -0.4 is 10.7 Å². The van der Waals surface area contributed by atoms with Crippen LogP contribution in [-0.4, -0.2) is 17.5 Å². The fraction of sp³-hybridized carbons (Fsp3) is 0.0870. The van der Waals surface area contributed by atoms with Crippen molar-refractivity contribution in [1.29, 1.82) is 0 Å². The van der Waals surface area contributed by atoms with Crippen molar-refractivity contribution in [3.8, 4) is 0 Å². The molecule has 0 spiro atoms. The molecule has 6 heteroatoms. The number of hydrogen-bond acceptors (Lipinski definition) is 3. The predicted molar refractivity (Wildman–Crippen MR) is 112 cm³/mol. The molecule has 0 radical (unpaired) electrons. The maximum absolute atomic E-state index is 13.0. The van der Waals surface area contributed by atoms with Gasteiger partial charge in [-0.3, -0.25) is 9.59 Å². The molecule has 0 aliphatic carbocycles. The highest BCUT2D eigenvalue weighted by Crippen LogP contribution is 2.13. The molecule has 0 heterocycles. The number of benzene rings is 3. The van der Waals surface area contributed by atoms with E-state index in [1.807, 2.05) is 19.1 Å². The summed E-state index contributed by atoms with van der Waals surface area (Å²) in [6, 6.07) is 19.7. The lowest BCUT2D eigenvalue weighted by atomic mass is 10.1. The van der Waals surface area contributed by atoms with Crippen LogP contribution in [-0.2, 0) is 0 Å². The molecule has 2 N–H and O–H groups in total. The van der Waals surface area contributed by atoms with Crippen LogP contribution in [0.25, 0.3) is 0 Å². The van der Waals surface area contributed by atoms with Gasteiger partial charge in [-0.15, -0.1) is 0 Å². The van der Waals surface area contributed by atoms with E-state index in [-0.39, 0.29) is 11.7 Å². The highest BCUT2D eigenvalue weighted by atomic mass is 19.1. The largest absolute Gasteiger partial charge is 0.322 e. The van der Waals surface area contributed by atoms with Crippen molar-refractivity contribution in [1.82, 2.24) is 5.43 Å². The van der Waals surface area contributed by atoms with Crippen molar-refractivity contribution in [3.05, 3.63) is 101 Å². The summed E-state index contributed by atoms with van der Waals surface area (Å²) in [6.07, 6.45) is 0. The normalized spacial score (nSPS) is 11.1. The molecular weight excluding hydrogens is 369 g/mol. The summed E-state index contributed by atoms with van der Waals surface area (Å²) in [5.41, 5.74) is 6.10. The standard InChI is InChI=1S/C23H20FN3O2/c1-15-5-3-6-18(13-15)22(28)25-21-8-4-7-19(14-21)23(29)27-26-16(2)17-9-11-20(24)12-10-17/h3-14H,1-2H3,(H,25,28)(H,27,29). The molecule has 3 aromatic rings. The quantitative estimate of drug-likeness (QED) is 0.497. The zero-order valence-corrected chi connectivity index (χ0v) is 16.1. The monoisotopic (exact) mass is 389 g/mol. The van der Waals surface area contributed by atoms with Crippen molar-refractivity contribution in [2.24, 2.45) is 5.10 Å². The lowest BCUT2D eigenvalue weighted by molar-refractivity contribution is 0.0953.